The van der Waals surface area contributed by atoms with E-state index in [9.17, 15) is 4.79 Å². The quantitative estimate of drug-likeness (QED) is 0.700. The first kappa shape index (κ1) is 11.1. The Morgan fingerprint density at radius 2 is 2.00 bits per heavy atom. The second kappa shape index (κ2) is 5.11. The van der Waals surface area contributed by atoms with Crippen molar-refractivity contribution in [3.63, 3.8) is 0 Å². The molecule has 1 heterocycles. The maximum absolute atomic E-state index is 11.8. The van der Waals surface area contributed by atoms with Gasteiger partial charge in [0, 0.05) is 12.3 Å². The highest BCUT2D eigenvalue weighted by Gasteiger charge is 2.33. The average Bonchev–Trinajstić information content (AvgIpc) is 2.30. The molecule has 1 saturated carbocycles. The van der Waals surface area contributed by atoms with Gasteiger partial charge in [-0.1, -0.05) is 26.2 Å². The number of carbonyl (C=O) groups excluding carboxylic acids is 1. The van der Waals surface area contributed by atoms with Crippen LogP contribution in [0.5, 0.6) is 0 Å². The van der Waals surface area contributed by atoms with Crippen LogP contribution in [0.25, 0.3) is 0 Å². The fourth-order valence-corrected chi connectivity index (χ4v) is 3.06. The van der Waals surface area contributed by atoms with Crippen LogP contribution in [0, 0.1) is 17.8 Å². The Hall–Kier alpha value is -0.370. The number of hydrogen-bond donors (Lipinski definition) is 0. The van der Waals surface area contributed by atoms with Crippen LogP contribution in [0.1, 0.15) is 45.4 Å². The van der Waals surface area contributed by atoms with Crippen LogP contribution in [0.3, 0.4) is 0 Å². The Morgan fingerprint density at radius 3 is 2.60 bits per heavy atom. The van der Waals surface area contributed by atoms with Gasteiger partial charge in [0.25, 0.3) is 0 Å². The van der Waals surface area contributed by atoms with Crippen LogP contribution in [-0.4, -0.2) is 19.0 Å². The van der Waals surface area contributed by atoms with Crippen molar-refractivity contribution in [1.29, 1.82) is 0 Å². The van der Waals surface area contributed by atoms with E-state index in [0.29, 0.717) is 31.3 Å². The summed E-state index contributed by atoms with van der Waals surface area (Å²) in [6, 6.07) is 0. The summed E-state index contributed by atoms with van der Waals surface area (Å²) in [6.07, 6.45) is 7.10. The van der Waals surface area contributed by atoms with E-state index in [1.807, 2.05) is 0 Å². The highest BCUT2D eigenvalue weighted by molar-refractivity contribution is 5.82. The van der Waals surface area contributed by atoms with Gasteiger partial charge in [-0.05, 0) is 24.7 Å². The standard InChI is InChI=1S/C13H22O2/c1-2-10-3-5-11(6-4-10)12-9-15-8-7-13(12)14/h10-12H,2-9H2,1H3. The molecule has 2 aliphatic rings. The molecule has 0 bridgehead atoms. The topological polar surface area (TPSA) is 26.3 Å². The van der Waals surface area contributed by atoms with E-state index >= 15 is 0 Å². The van der Waals surface area contributed by atoms with Gasteiger partial charge in [-0.3, -0.25) is 4.79 Å². The zero-order valence-corrected chi connectivity index (χ0v) is 9.71. The van der Waals surface area contributed by atoms with Crippen molar-refractivity contribution in [2.24, 2.45) is 17.8 Å². The lowest BCUT2D eigenvalue weighted by Crippen LogP contribution is -2.35. The lowest BCUT2D eigenvalue weighted by atomic mass is 9.73. The van der Waals surface area contributed by atoms with Crippen LogP contribution in [0.4, 0.5) is 0 Å². The summed E-state index contributed by atoms with van der Waals surface area (Å²) >= 11 is 0. The van der Waals surface area contributed by atoms with Gasteiger partial charge in [0.2, 0.25) is 0 Å². The summed E-state index contributed by atoms with van der Waals surface area (Å²) in [5.74, 6) is 2.24. The monoisotopic (exact) mass is 210 g/mol. The van der Waals surface area contributed by atoms with Gasteiger partial charge in [0.05, 0.1) is 13.2 Å². The molecule has 2 nitrogen and oxygen atoms in total. The Bertz CT molecular complexity index is 217. The maximum atomic E-state index is 11.8. The van der Waals surface area contributed by atoms with Crippen LogP contribution >= 0.6 is 0 Å². The van der Waals surface area contributed by atoms with Gasteiger partial charge in [-0.25, -0.2) is 0 Å². The van der Waals surface area contributed by atoms with Crippen molar-refractivity contribution < 1.29 is 9.53 Å². The Kier molecular flexibility index (Phi) is 3.79. The third-order valence-electron chi connectivity index (χ3n) is 4.24. The highest BCUT2D eigenvalue weighted by Crippen LogP contribution is 2.36. The molecule has 2 fully saturated rings. The number of rotatable bonds is 2. The number of Topliss-reactive ketones (excluding diaryl/α,β-unsaturated/α-hetero) is 1. The fraction of sp³-hybridized carbons (Fsp3) is 0.923. The molecule has 2 heteroatoms. The zero-order valence-electron chi connectivity index (χ0n) is 9.71. The highest BCUT2D eigenvalue weighted by atomic mass is 16.5. The van der Waals surface area contributed by atoms with Crippen LogP contribution in [0.2, 0.25) is 0 Å². The molecule has 1 atom stereocenters. The normalized spacial score (nSPS) is 37.9. The fourth-order valence-electron chi connectivity index (χ4n) is 3.06. The van der Waals surface area contributed by atoms with E-state index in [0.717, 1.165) is 5.92 Å². The molecule has 15 heavy (non-hydrogen) atoms. The molecule has 2 rings (SSSR count). The molecule has 0 radical (unpaired) electrons. The van der Waals surface area contributed by atoms with Crippen molar-refractivity contribution in [3.05, 3.63) is 0 Å². The lowest BCUT2D eigenvalue weighted by molar-refractivity contribution is -0.133. The van der Waals surface area contributed by atoms with Gasteiger partial charge in [0.1, 0.15) is 5.78 Å². The van der Waals surface area contributed by atoms with Gasteiger partial charge < -0.3 is 4.74 Å². The average molecular weight is 210 g/mol. The first-order chi connectivity index (χ1) is 7.31. The first-order valence-corrected chi connectivity index (χ1v) is 6.41. The van der Waals surface area contributed by atoms with E-state index in [4.69, 9.17) is 4.74 Å². The third-order valence-corrected chi connectivity index (χ3v) is 4.24. The summed E-state index contributed by atoms with van der Waals surface area (Å²) in [5.41, 5.74) is 0. The van der Waals surface area contributed by atoms with E-state index < -0.39 is 0 Å². The van der Waals surface area contributed by atoms with Crippen LogP contribution in [-0.2, 0) is 9.53 Å². The van der Waals surface area contributed by atoms with Gasteiger partial charge in [-0.15, -0.1) is 0 Å². The molecule has 1 saturated heterocycles. The second-order valence-electron chi connectivity index (χ2n) is 5.09. The predicted molar refractivity (Wildman–Crippen MR) is 59.7 cm³/mol. The lowest BCUT2D eigenvalue weighted by Gasteiger charge is -2.34. The summed E-state index contributed by atoms with van der Waals surface area (Å²) in [7, 11) is 0. The smallest absolute Gasteiger partial charge is 0.140 e. The molecule has 0 aromatic heterocycles. The Morgan fingerprint density at radius 1 is 1.27 bits per heavy atom. The molecule has 0 aromatic rings. The molecular formula is C13H22O2. The molecule has 1 aliphatic carbocycles. The van der Waals surface area contributed by atoms with Crippen molar-refractivity contribution in [1.82, 2.24) is 0 Å². The minimum absolute atomic E-state index is 0.233. The second-order valence-corrected chi connectivity index (χ2v) is 5.09. The van der Waals surface area contributed by atoms with Crippen molar-refractivity contribution >= 4 is 5.78 Å². The molecular weight excluding hydrogens is 188 g/mol. The van der Waals surface area contributed by atoms with E-state index in [2.05, 4.69) is 6.92 Å². The Labute approximate surface area is 92.4 Å². The predicted octanol–water partition coefficient (Wildman–Crippen LogP) is 2.81. The van der Waals surface area contributed by atoms with Crippen molar-refractivity contribution in [3.8, 4) is 0 Å². The zero-order chi connectivity index (χ0) is 10.7. The van der Waals surface area contributed by atoms with E-state index in [-0.39, 0.29) is 5.92 Å². The van der Waals surface area contributed by atoms with Gasteiger partial charge in [0.15, 0.2) is 0 Å². The number of ketones is 1. The largest absolute Gasteiger partial charge is 0.380 e. The summed E-state index contributed by atoms with van der Waals surface area (Å²) in [5, 5.41) is 0. The molecule has 0 aromatic carbocycles. The Balaban J connectivity index is 1.86. The number of ether oxygens (including phenoxy) is 1. The summed E-state index contributed by atoms with van der Waals surface area (Å²) in [6.45, 7) is 3.62. The maximum Gasteiger partial charge on any atom is 0.140 e. The van der Waals surface area contributed by atoms with Crippen LogP contribution < -0.4 is 0 Å². The van der Waals surface area contributed by atoms with Gasteiger partial charge >= 0.3 is 0 Å². The molecule has 86 valence electrons. The summed E-state index contributed by atoms with van der Waals surface area (Å²) in [4.78, 5) is 11.8. The number of hydrogen-bond acceptors (Lipinski definition) is 2. The first-order valence-electron chi connectivity index (χ1n) is 6.41. The summed E-state index contributed by atoms with van der Waals surface area (Å²) < 4.78 is 5.44. The molecule has 1 aliphatic heterocycles. The van der Waals surface area contributed by atoms with Crippen molar-refractivity contribution in [2.75, 3.05) is 13.2 Å². The molecule has 0 N–H and O–H groups in total. The molecule has 0 spiro atoms. The third kappa shape index (κ3) is 2.60. The molecule has 0 amide bonds. The van der Waals surface area contributed by atoms with Gasteiger partial charge in [-0.2, -0.15) is 0 Å². The number of carbonyl (C=O) groups is 1. The van der Waals surface area contributed by atoms with E-state index in [1.165, 1.54) is 32.1 Å². The minimum Gasteiger partial charge on any atom is -0.380 e. The van der Waals surface area contributed by atoms with Crippen molar-refractivity contribution in [2.45, 2.75) is 45.4 Å². The van der Waals surface area contributed by atoms with E-state index in [1.54, 1.807) is 0 Å². The van der Waals surface area contributed by atoms with Crippen LogP contribution in [0.15, 0.2) is 0 Å². The SMILES string of the molecule is CCC1CCC(C2COCCC2=O)CC1. The molecule has 1 unspecified atom stereocenters. The minimum atomic E-state index is 0.233.